The first kappa shape index (κ1) is 20.9. The molecule has 7 heteroatoms. The van der Waals surface area contributed by atoms with Gasteiger partial charge in [0.2, 0.25) is 0 Å². The monoisotopic (exact) mass is 484 g/mol. The van der Waals surface area contributed by atoms with Gasteiger partial charge in [0.05, 0.1) is 16.2 Å². The summed E-state index contributed by atoms with van der Waals surface area (Å²) in [6, 6.07) is 14.5. The predicted molar refractivity (Wildman–Crippen MR) is 124 cm³/mol. The number of amides is 1. The lowest BCUT2D eigenvalue weighted by molar-refractivity contribution is -0.124. The minimum Gasteiger partial charge on any atom is -0.478 e. The third-order valence-electron chi connectivity index (χ3n) is 5.26. The molecule has 2 aliphatic rings. The van der Waals surface area contributed by atoms with Crippen LogP contribution in [0.15, 0.2) is 62.9 Å². The van der Waals surface area contributed by atoms with E-state index in [4.69, 9.17) is 0 Å². The van der Waals surface area contributed by atoms with Crippen LogP contribution < -0.4 is 0 Å². The topological polar surface area (TPSA) is 70.0 Å². The van der Waals surface area contributed by atoms with Crippen molar-refractivity contribution in [1.29, 1.82) is 0 Å². The lowest BCUT2D eigenvalue weighted by Gasteiger charge is -2.30. The third kappa shape index (κ3) is 4.68. The Kier molecular flexibility index (Phi) is 6.39. The Bertz CT molecular complexity index is 1030. The fourth-order valence-electron chi connectivity index (χ4n) is 3.76. The minimum atomic E-state index is -0.993. The van der Waals surface area contributed by atoms with Crippen molar-refractivity contribution in [2.45, 2.75) is 38.1 Å². The highest BCUT2D eigenvalue weighted by molar-refractivity contribution is 9.10. The molecule has 1 amide bonds. The average molecular weight is 485 g/mol. The minimum absolute atomic E-state index is 0.0250. The largest absolute Gasteiger partial charge is 0.478 e. The number of nitrogens with zero attached hydrogens (tertiary/aromatic N) is 2. The average Bonchev–Trinajstić information content (AvgIpc) is 3.05. The van der Waals surface area contributed by atoms with E-state index >= 15 is 0 Å². The van der Waals surface area contributed by atoms with Crippen molar-refractivity contribution in [3.63, 3.8) is 0 Å². The molecule has 2 fully saturated rings. The molecule has 1 saturated carbocycles. The van der Waals surface area contributed by atoms with Gasteiger partial charge in [-0.1, -0.05) is 53.4 Å². The second-order valence-electron chi connectivity index (χ2n) is 7.38. The van der Waals surface area contributed by atoms with E-state index in [1.807, 2.05) is 35.2 Å². The SMILES string of the molecule is O=C(O)c1cccc(N=C2S/C(=C\c3ccc(Br)cc3)C(=O)N2C2CCCCC2)c1. The molecule has 0 radical (unpaired) electrons. The Labute approximate surface area is 188 Å². The Morgan fingerprint density at radius 1 is 1.13 bits per heavy atom. The highest BCUT2D eigenvalue weighted by atomic mass is 79.9. The zero-order valence-electron chi connectivity index (χ0n) is 16.3. The van der Waals surface area contributed by atoms with Crippen molar-refractivity contribution in [2.75, 3.05) is 0 Å². The lowest BCUT2D eigenvalue weighted by atomic mass is 9.94. The molecule has 1 aliphatic heterocycles. The number of hydrogen-bond donors (Lipinski definition) is 1. The molecule has 1 heterocycles. The molecule has 0 spiro atoms. The number of carboxylic acids is 1. The van der Waals surface area contributed by atoms with Crippen molar-refractivity contribution in [3.8, 4) is 0 Å². The van der Waals surface area contributed by atoms with Crippen molar-refractivity contribution in [3.05, 3.63) is 69.0 Å². The van der Waals surface area contributed by atoms with Crippen LogP contribution in [0.3, 0.4) is 0 Å². The van der Waals surface area contributed by atoms with E-state index in [2.05, 4.69) is 20.9 Å². The number of carboxylic acid groups (broad SMARTS) is 1. The smallest absolute Gasteiger partial charge is 0.335 e. The Balaban J connectivity index is 1.70. The maximum Gasteiger partial charge on any atom is 0.335 e. The van der Waals surface area contributed by atoms with E-state index in [1.165, 1.54) is 30.3 Å². The van der Waals surface area contributed by atoms with Crippen LogP contribution in [0, 0.1) is 0 Å². The zero-order chi connectivity index (χ0) is 21.1. The fourth-order valence-corrected chi connectivity index (χ4v) is 5.08. The number of amidine groups is 1. The lowest BCUT2D eigenvalue weighted by Crippen LogP contribution is -2.40. The molecule has 2 aromatic carbocycles. The van der Waals surface area contributed by atoms with Gasteiger partial charge in [0, 0.05) is 10.5 Å². The normalized spacial score (nSPS) is 20.3. The number of aliphatic imine (C=N–C) groups is 1. The summed E-state index contributed by atoms with van der Waals surface area (Å²) in [5.41, 5.74) is 1.67. The summed E-state index contributed by atoms with van der Waals surface area (Å²) in [6.07, 6.45) is 7.23. The van der Waals surface area contributed by atoms with Crippen molar-refractivity contribution in [1.82, 2.24) is 4.90 Å². The summed E-state index contributed by atoms with van der Waals surface area (Å²) < 4.78 is 0.986. The Morgan fingerprint density at radius 2 is 1.87 bits per heavy atom. The molecule has 1 N–H and O–H groups in total. The molecule has 4 rings (SSSR count). The second-order valence-corrected chi connectivity index (χ2v) is 9.30. The van der Waals surface area contributed by atoms with Gasteiger partial charge in [-0.2, -0.15) is 0 Å². The Hall–Kier alpha value is -2.38. The molecule has 0 aromatic heterocycles. The van der Waals surface area contributed by atoms with Crippen LogP contribution in [0.4, 0.5) is 5.69 Å². The third-order valence-corrected chi connectivity index (χ3v) is 6.77. The quantitative estimate of drug-likeness (QED) is 0.533. The molecule has 0 atom stereocenters. The number of halogens is 1. The molecule has 2 aromatic rings. The standard InChI is InChI=1S/C23H21BrN2O3S/c24-17-11-9-15(10-12-17)13-20-21(27)26(19-7-2-1-3-8-19)23(30-20)25-18-6-4-5-16(14-18)22(28)29/h4-6,9-14,19H,1-3,7-8H2,(H,28,29)/b20-13-,25-23?. The van der Waals surface area contributed by atoms with E-state index in [-0.39, 0.29) is 17.5 Å². The summed E-state index contributed by atoms with van der Waals surface area (Å²) in [7, 11) is 0. The van der Waals surface area contributed by atoms with Crippen LogP contribution in [0.25, 0.3) is 6.08 Å². The van der Waals surface area contributed by atoms with Crippen molar-refractivity contribution < 1.29 is 14.7 Å². The molecule has 30 heavy (non-hydrogen) atoms. The molecule has 0 unspecified atom stereocenters. The summed E-state index contributed by atoms with van der Waals surface area (Å²) in [5.74, 6) is -1.02. The van der Waals surface area contributed by atoms with E-state index in [0.29, 0.717) is 15.8 Å². The van der Waals surface area contributed by atoms with Crippen LogP contribution in [-0.2, 0) is 4.79 Å². The predicted octanol–water partition coefficient (Wildman–Crippen LogP) is 6.08. The van der Waals surface area contributed by atoms with Gasteiger partial charge in [-0.15, -0.1) is 0 Å². The molecular formula is C23H21BrN2O3S. The van der Waals surface area contributed by atoms with Crippen molar-refractivity contribution in [2.24, 2.45) is 4.99 Å². The van der Waals surface area contributed by atoms with Gasteiger partial charge < -0.3 is 5.11 Å². The molecule has 1 saturated heterocycles. The summed E-state index contributed by atoms with van der Waals surface area (Å²) in [6.45, 7) is 0. The maximum atomic E-state index is 13.3. The number of rotatable bonds is 4. The van der Waals surface area contributed by atoms with Crippen LogP contribution in [-0.4, -0.2) is 33.1 Å². The zero-order valence-corrected chi connectivity index (χ0v) is 18.7. The molecule has 154 valence electrons. The molecule has 5 nitrogen and oxygen atoms in total. The number of aromatic carboxylic acids is 1. The first-order valence-corrected chi connectivity index (χ1v) is 11.5. The van der Waals surface area contributed by atoms with Crippen LogP contribution in [0.5, 0.6) is 0 Å². The number of benzene rings is 2. The number of thioether (sulfide) groups is 1. The van der Waals surface area contributed by atoms with Gasteiger partial charge in [0.15, 0.2) is 5.17 Å². The number of carbonyl (C=O) groups excluding carboxylic acids is 1. The fraction of sp³-hybridized carbons (Fsp3) is 0.261. The number of carbonyl (C=O) groups is 2. The first-order valence-electron chi connectivity index (χ1n) is 9.92. The van der Waals surface area contributed by atoms with Gasteiger partial charge >= 0.3 is 5.97 Å². The van der Waals surface area contributed by atoms with E-state index < -0.39 is 5.97 Å². The van der Waals surface area contributed by atoms with Crippen LogP contribution >= 0.6 is 27.7 Å². The molecule has 0 bridgehead atoms. The molecule has 1 aliphatic carbocycles. The van der Waals surface area contributed by atoms with Crippen LogP contribution in [0.2, 0.25) is 0 Å². The summed E-state index contributed by atoms with van der Waals surface area (Å²) >= 11 is 4.79. The van der Waals surface area contributed by atoms with Gasteiger partial charge in [-0.05, 0) is 66.6 Å². The molecular weight excluding hydrogens is 464 g/mol. The van der Waals surface area contributed by atoms with Crippen LogP contribution in [0.1, 0.15) is 48.0 Å². The second kappa shape index (κ2) is 9.18. The van der Waals surface area contributed by atoms with E-state index in [9.17, 15) is 14.7 Å². The highest BCUT2D eigenvalue weighted by Gasteiger charge is 2.38. The summed E-state index contributed by atoms with van der Waals surface area (Å²) in [4.78, 5) is 31.8. The van der Waals surface area contributed by atoms with E-state index in [1.54, 1.807) is 12.1 Å². The van der Waals surface area contributed by atoms with Crippen molar-refractivity contribution >= 4 is 56.5 Å². The summed E-state index contributed by atoms with van der Waals surface area (Å²) in [5, 5.41) is 9.89. The van der Waals surface area contributed by atoms with Gasteiger partial charge in [0.25, 0.3) is 5.91 Å². The van der Waals surface area contributed by atoms with Gasteiger partial charge in [-0.25, -0.2) is 9.79 Å². The first-order chi connectivity index (χ1) is 14.5. The van der Waals surface area contributed by atoms with Gasteiger partial charge in [-0.3, -0.25) is 9.69 Å². The maximum absolute atomic E-state index is 13.3. The van der Waals surface area contributed by atoms with Gasteiger partial charge in [0.1, 0.15) is 0 Å². The van der Waals surface area contributed by atoms with E-state index in [0.717, 1.165) is 35.7 Å². The number of hydrogen-bond acceptors (Lipinski definition) is 4. The highest BCUT2D eigenvalue weighted by Crippen LogP contribution is 2.38. The Morgan fingerprint density at radius 3 is 2.57 bits per heavy atom.